The predicted molar refractivity (Wildman–Crippen MR) is 68.8 cm³/mol. The molecule has 3 nitrogen and oxygen atoms in total. The van der Waals surface area contributed by atoms with Crippen LogP contribution in [0.3, 0.4) is 0 Å². The Morgan fingerprint density at radius 3 is 2.82 bits per heavy atom. The molecule has 2 rings (SSSR count). The molecular weight excluding hydrogens is 212 g/mol. The minimum absolute atomic E-state index is 0.213. The highest BCUT2D eigenvalue weighted by molar-refractivity contribution is 5.78. The first kappa shape index (κ1) is 12.1. The highest BCUT2D eigenvalue weighted by Crippen LogP contribution is 2.10. The molecular formula is C14H20N2O. The molecule has 3 heteroatoms. The Balaban J connectivity index is 1.90. The van der Waals surface area contributed by atoms with Gasteiger partial charge in [0.05, 0.1) is 6.42 Å². The molecule has 0 aromatic heterocycles. The number of nitrogens with zero attached hydrogens (tertiary/aromatic N) is 1. The van der Waals surface area contributed by atoms with E-state index in [2.05, 4.69) is 5.32 Å². The largest absolute Gasteiger partial charge is 0.341 e. The van der Waals surface area contributed by atoms with Gasteiger partial charge >= 0.3 is 0 Å². The van der Waals surface area contributed by atoms with Crippen LogP contribution in [0.15, 0.2) is 30.3 Å². The van der Waals surface area contributed by atoms with Crippen LogP contribution < -0.4 is 5.32 Å². The van der Waals surface area contributed by atoms with Crippen molar-refractivity contribution in [2.75, 3.05) is 20.1 Å². The highest BCUT2D eigenvalue weighted by Gasteiger charge is 2.21. The zero-order chi connectivity index (χ0) is 12.1. The minimum Gasteiger partial charge on any atom is -0.341 e. The van der Waals surface area contributed by atoms with Crippen molar-refractivity contribution in [1.29, 1.82) is 0 Å². The monoisotopic (exact) mass is 232 g/mol. The Morgan fingerprint density at radius 2 is 2.18 bits per heavy atom. The maximum Gasteiger partial charge on any atom is 0.227 e. The Hall–Kier alpha value is -1.35. The molecule has 1 heterocycles. The van der Waals surface area contributed by atoms with Gasteiger partial charge in [-0.05, 0) is 24.9 Å². The molecule has 1 saturated heterocycles. The molecule has 92 valence electrons. The third-order valence-electron chi connectivity index (χ3n) is 3.41. The van der Waals surface area contributed by atoms with Crippen molar-refractivity contribution >= 4 is 5.91 Å². The molecule has 1 aliphatic rings. The van der Waals surface area contributed by atoms with Gasteiger partial charge in [0, 0.05) is 19.6 Å². The van der Waals surface area contributed by atoms with Gasteiger partial charge < -0.3 is 10.2 Å². The molecule has 17 heavy (non-hydrogen) atoms. The number of nitrogens with one attached hydrogen (secondary N) is 1. The quantitative estimate of drug-likeness (QED) is 0.855. The van der Waals surface area contributed by atoms with Gasteiger partial charge in [-0.2, -0.15) is 0 Å². The average Bonchev–Trinajstić information content (AvgIpc) is 2.40. The summed E-state index contributed by atoms with van der Waals surface area (Å²) in [5.41, 5.74) is 1.09. The van der Waals surface area contributed by atoms with Crippen molar-refractivity contribution in [3.8, 4) is 0 Å². The van der Waals surface area contributed by atoms with Crippen molar-refractivity contribution in [2.45, 2.75) is 25.3 Å². The number of amides is 1. The first-order valence-electron chi connectivity index (χ1n) is 6.27. The molecule has 1 aromatic carbocycles. The smallest absolute Gasteiger partial charge is 0.227 e. The lowest BCUT2D eigenvalue weighted by atomic mass is 10.1. The fourth-order valence-corrected chi connectivity index (χ4v) is 2.26. The summed E-state index contributed by atoms with van der Waals surface area (Å²) in [4.78, 5) is 14.0. The van der Waals surface area contributed by atoms with Crippen LogP contribution in [0.2, 0.25) is 0 Å². The van der Waals surface area contributed by atoms with Crippen LogP contribution in [-0.2, 0) is 11.2 Å². The summed E-state index contributed by atoms with van der Waals surface area (Å²) < 4.78 is 0. The summed E-state index contributed by atoms with van der Waals surface area (Å²) in [6, 6.07) is 10.3. The molecule has 0 saturated carbocycles. The number of carbonyl (C=O) groups is 1. The second-order valence-corrected chi connectivity index (χ2v) is 4.67. The molecule has 0 bridgehead atoms. The fraction of sp³-hybridized carbons (Fsp3) is 0.500. The second-order valence-electron chi connectivity index (χ2n) is 4.67. The van der Waals surface area contributed by atoms with Crippen molar-refractivity contribution in [1.82, 2.24) is 10.2 Å². The SMILES string of the molecule is CN(C(=O)Cc1ccccc1)[C@@H]1CCCNC1. The van der Waals surface area contributed by atoms with Gasteiger partial charge in [-0.25, -0.2) is 0 Å². The van der Waals surface area contributed by atoms with Gasteiger partial charge in [0.2, 0.25) is 5.91 Å². The molecule has 1 aliphatic heterocycles. The van der Waals surface area contributed by atoms with Crippen LogP contribution in [0.1, 0.15) is 18.4 Å². The third-order valence-corrected chi connectivity index (χ3v) is 3.41. The number of hydrogen-bond acceptors (Lipinski definition) is 2. The summed E-state index contributed by atoms with van der Waals surface area (Å²) in [6.07, 6.45) is 2.78. The van der Waals surface area contributed by atoms with Crippen molar-refractivity contribution in [3.63, 3.8) is 0 Å². The first-order chi connectivity index (χ1) is 8.27. The van der Waals surface area contributed by atoms with Crippen LogP contribution in [0.4, 0.5) is 0 Å². The third kappa shape index (κ3) is 3.30. The summed E-state index contributed by atoms with van der Waals surface area (Å²) in [6.45, 7) is 2.01. The van der Waals surface area contributed by atoms with E-state index < -0.39 is 0 Å². The van der Waals surface area contributed by atoms with E-state index in [0.717, 1.165) is 31.5 Å². The van der Waals surface area contributed by atoms with Crippen LogP contribution in [0, 0.1) is 0 Å². The number of benzene rings is 1. The second kappa shape index (κ2) is 5.82. The summed E-state index contributed by atoms with van der Waals surface area (Å²) >= 11 is 0. The summed E-state index contributed by atoms with van der Waals surface area (Å²) in [5, 5.41) is 3.34. The predicted octanol–water partition coefficient (Wildman–Crippen LogP) is 1.44. The number of piperidine rings is 1. The highest BCUT2D eigenvalue weighted by atomic mass is 16.2. The van der Waals surface area contributed by atoms with E-state index in [1.165, 1.54) is 0 Å². The lowest BCUT2D eigenvalue weighted by Crippen LogP contribution is -2.47. The lowest BCUT2D eigenvalue weighted by molar-refractivity contribution is -0.131. The van der Waals surface area contributed by atoms with Crippen LogP contribution in [0.25, 0.3) is 0 Å². The van der Waals surface area contributed by atoms with Crippen molar-refractivity contribution in [3.05, 3.63) is 35.9 Å². The lowest BCUT2D eigenvalue weighted by Gasteiger charge is -2.31. The molecule has 1 aromatic rings. The Kier molecular flexibility index (Phi) is 4.15. The molecule has 1 atom stereocenters. The summed E-state index contributed by atoms with van der Waals surface area (Å²) in [7, 11) is 1.92. The number of rotatable bonds is 3. The number of likely N-dealkylation sites (N-methyl/N-ethyl adjacent to an activating group) is 1. The minimum atomic E-state index is 0.213. The Bertz CT molecular complexity index is 358. The fourth-order valence-electron chi connectivity index (χ4n) is 2.26. The van der Waals surface area contributed by atoms with E-state index in [9.17, 15) is 4.79 Å². The van der Waals surface area contributed by atoms with Gasteiger partial charge in [-0.15, -0.1) is 0 Å². The molecule has 1 amide bonds. The van der Waals surface area contributed by atoms with Gasteiger partial charge in [-0.3, -0.25) is 4.79 Å². The Morgan fingerprint density at radius 1 is 1.41 bits per heavy atom. The van der Waals surface area contributed by atoms with E-state index >= 15 is 0 Å². The standard InChI is InChI=1S/C14H20N2O/c1-16(13-8-5-9-15-11-13)14(17)10-12-6-3-2-4-7-12/h2-4,6-7,13,15H,5,8-11H2,1H3/t13-/m1/s1. The maximum absolute atomic E-state index is 12.1. The van der Waals surface area contributed by atoms with Crippen molar-refractivity contribution < 1.29 is 4.79 Å². The van der Waals surface area contributed by atoms with Gasteiger partial charge in [0.25, 0.3) is 0 Å². The first-order valence-corrected chi connectivity index (χ1v) is 6.27. The zero-order valence-electron chi connectivity index (χ0n) is 10.4. The van der Waals surface area contributed by atoms with Gasteiger partial charge in [-0.1, -0.05) is 30.3 Å². The summed E-state index contributed by atoms with van der Waals surface area (Å²) in [5.74, 6) is 0.213. The molecule has 0 unspecified atom stereocenters. The van der Waals surface area contributed by atoms with E-state index in [4.69, 9.17) is 0 Å². The van der Waals surface area contributed by atoms with Crippen LogP contribution >= 0.6 is 0 Å². The van der Waals surface area contributed by atoms with Gasteiger partial charge in [0.15, 0.2) is 0 Å². The molecule has 1 fully saturated rings. The molecule has 0 spiro atoms. The van der Waals surface area contributed by atoms with E-state index in [1.54, 1.807) is 0 Å². The molecule has 0 radical (unpaired) electrons. The normalized spacial score (nSPS) is 19.9. The van der Waals surface area contributed by atoms with E-state index in [1.807, 2.05) is 42.3 Å². The Labute approximate surface area is 103 Å². The zero-order valence-corrected chi connectivity index (χ0v) is 10.4. The average molecular weight is 232 g/mol. The van der Waals surface area contributed by atoms with Gasteiger partial charge in [0.1, 0.15) is 0 Å². The molecule has 0 aliphatic carbocycles. The van der Waals surface area contributed by atoms with E-state index in [-0.39, 0.29) is 5.91 Å². The van der Waals surface area contributed by atoms with Crippen LogP contribution in [-0.4, -0.2) is 37.0 Å². The van der Waals surface area contributed by atoms with Crippen LogP contribution in [0.5, 0.6) is 0 Å². The number of hydrogen-bond donors (Lipinski definition) is 1. The van der Waals surface area contributed by atoms with E-state index in [0.29, 0.717) is 12.5 Å². The number of carbonyl (C=O) groups excluding carboxylic acids is 1. The van der Waals surface area contributed by atoms with Crippen molar-refractivity contribution in [2.24, 2.45) is 0 Å². The maximum atomic E-state index is 12.1. The topological polar surface area (TPSA) is 32.3 Å². The molecule has 1 N–H and O–H groups in total.